The van der Waals surface area contributed by atoms with Gasteiger partial charge in [0.2, 0.25) is 11.8 Å². The van der Waals surface area contributed by atoms with E-state index in [1.807, 2.05) is 0 Å². The second-order valence-electron chi connectivity index (χ2n) is 12.1. The van der Waals surface area contributed by atoms with Crippen molar-refractivity contribution in [1.82, 2.24) is 10.6 Å². The number of carbonyl (C=O) groups excluding carboxylic acids is 3. The summed E-state index contributed by atoms with van der Waals surface area (Å²) in [5.41, 5.74) is 0. The number of hydrogen-bond acceptors (Lipinski definition) is 15. The molecule has 2 aliphatic rings. The van der Waals surface area contributed by atoms with Crippen LogP contribution in [0, 0.1) is 5.92 Å². The SMILES string of the molecule is CC(C=O)C(CCCCNC(=O)CCCCOC1OC(CO)C(O)C(O)C1O)NC(=O)CCCCOC1OC(CO)C(O)C(O)C1O. The second-order valence-corrected chi connectivity index (χ2v) is 12.1. The van der Waals surface area contributed by atoms with Gasteiger partial charge in [0.15, 0.2) is 12.6 Å². The van der Waals surface area contributed by atoms with E-state index >= 15 is 0 Å². The molecule has 47 heavy (non-hydrogen) atoms. The minimum absolute atomic E-state index is 0.103. The molecule has 0 aromatic rings. The summed E-state index contributed by atoms with van der Waals surface area (Å²) < 4.78 is 21.4. The number of hydrogen-bond donors (Lipinski definition) is 10. The van der Waals surface area contributed by atoms with Crippen LogP contribution in [0.2, 0.25) is 0 Å². The zero-order valence-electron chi connectivity index (χ0n) is 26.8. The molecule has 2 heterocycles. The summed E-state index contributed by atoms with van der Waals surface area (Å²) in [6.07, 6.45) is -8.62. The Morgan fingerprint density at radius 1 is 0.702 bits per heavy atom. The molecule has 2 fully saturated rings. The highest BCUT2D eigenvalue weighted by Crippen LogP contribution is 2.23. The summed E-state index contributed by atoms with van der Waals surface area (Å²) in [5, 5.41) is 83.4. The molecule has 0 aliphatic carbocycles. The molecule has 0 aromatic carbocycles. The van der Waals surface area contributed by atoms with Crippen molar-refractivity contribution in [3.8, 4) is 0 Å². The zero-order valence-corrected chi connectivity index (χ0v) is 26.8. The Bertz CT molecular complexity index is 913. The van der Waals surface area contributed by atoms with Crippen LogP contribution >= 0.6 is 0 Å². The molecular weight excluding hydrogens is 628 g/mol. The summed E-state index contributed by atoms with van der Waals surface area (Å²) in [6.45, 7) is 1.27. The summed E-state index contributed by atoms with van der Waals surface area (Å²) in [7, 11) is 0. The zero-order chi connectivity index (χ0) is 34.9. The Morgan fingerprint density at radius 3 is 1.66 bits per heavy atom. The number of ether oxygens (including phenoxy) is 4. The van der Waals surface area contributed by atoms with E-state index in [0.717, 1.165) is 6.29 Å². The first kappa shape index (κ1) is 41.3. The standard InChI is InChI=1S/C30H54N2O15/c1-17(14-33)18(32-22(37)10-4-7-13-45-30-28(43)26(41)24(39)20(16-35)47-30)8-2-5-11-31-21(36)9-3-6-12-44-29-27(42)25(40)23(38)19(15-34)46-29/h14,17-20,23-30,34-35,38-43H,2-13,15-16H2,1H3,(H,31,36)(H,32,37). The van der Waals surface area contributed by atoms with Crippen molar-refractivity contribution in [1.29, 1.82) is 0 Å². The molecule has 2 saturated heterocycles. The first-order valence-electron chi connectivity index (χ1n) is 16.3. The fourth-order valence-electron chi connectivity index (χ4n) is 5.23. The molecule has 12 atom stereocenters. The number of amides is 2. The molecule has 2 rings (SSSR count). The third-order valence-corrected chi connectivity index (χ3v) is 8.32. The number of aldehydes is 1. The maximum Gasteiger partial charge on any atom is 0.220 e. The lowest BCUT2D eigenvalue weighted by molar-refractivity contribution is -0.301. The molecule has 0 spiro atoms. The van der Waals surface area contributed by atoms with Gasteiger partial charge in [0.1, 0.15) is 55.1 Å². The van der Waals surface area contributed by atoms with Gasteiger partial charge in [-0.15, -0.1) is 0 Å². The Kier molecular flexibility index (Phi) is 19.3. The van der Waals surface area contributed by atoms with E-state index in [1.165, 1.54) is 0 Å². The molecular formula is C30H54N2O15. The number of nitrogens with one attached hydrogen (secondary N) is 2. The molecule has 0 saturated carbocycles. The number of aliphatic hydroxyl groups excluding tert-OH is 8. The lowest BCUT2D eigenvalue weighted by Crippen LogP contribution is -2.59. The molecule has 17 nitrogen and oxygen atoms in total. The average Bonchev–Trinajstić information content (AvgIpc) is 3.06. The maximum atomic E-state index is 12.5. The predicted molar refractivity (Wildman–Crippen MR) is 161 cm³/mol. The van der Waals surface area contributed by atoms with Crippen molar-refractivity contribution in [2.75, 3.05) is 33.0 Å². The van der Waals surface area contributed by atoms with Gasteiger partial charge in [0.25, 0.3) is 0 Å². The Morgan fingerprint density at radius 2 is 1.19 bits per heavy atom. The van der Waals surface area contributed by atoms with Crippen LogP contribution < -0.4 is 10.6 Å². The van der Waals surface area contributed by atoms with Crippen molar-refractivity contribution in [2.24, 2.45) is 5.92 Å². The fourth-order valence-corrected chi connectivity index (χ4v) is 5.23. The van der Waals surface area contributed by atoms with Gasteiger partial charge in [-0.1, -0.05) is 6.92 Å². The maximum absolute atomic E-state index is 12.5. The van der Waals surface area contributed by atoms with Gasteiger partial charge < -0.3 is 75.2 Å². The first-order valence-corrected chi connectivity index (χ1v) is 16.3. The van der Waals surface area contributed by atoms with Crippen molar-refractivity contribution in [3.05, 3.63) is 0 Å². The van der Waals surface area contributed by atoms with Crippen molar-refractivity contribution in [2.45, 2.75) is 132 Å². The van der Waals surface area contributed by atoms with Gasteiger partial charge in [-0.25, -0.2) is 0 Å². The van der Waals surface area contributed by atoms with E-state index in [1.54, 1.807) is 6.92 Å². The number of carbonyl (C=O) groups is 3. The number of unbranched alkanes of at least 4 members (excludes halogenated alkanes) is 3. The van der Waals surface area contributed by atoms with Gasteiger partial charge in [-0.05, 0) is 44.9 Å². The number of rotatable bonds is 22. The van der Waals surface area contributed by atoms with E-state index in [4.69, 9.17) is 18.9 Å². The highest BCUT2D eigenvalue weighted by Gasteiger charge is 2.45. The summed E-state index contributed by atoms with van der Waals surface area (Å²) in [6, 6.07) is -0.371. The minimum atomic E-state index is -1.53. The predicted octanol–water partition coefficient (Wildman–Crippen LogP) is -3.43. The monoisotopic (exact) mass is 682 g/mol. The molecule has 10 N–H and O–H groups in total. The van der Waals surface area contributed by atoms with Crippen LogP contribution in [0.15, 0.2) is 0 Å². The molecule has 12 unspecified atom stereocenters. The van der Waals surface area contributed by atoms with Crippen LogP contribution in [0.4, 0.5) is 0 Å². The van der Waals surface area contributed by atoms with Crippen molar-refractivity contribution >= 4 is 18.1 Å². The quantitative estimate of drug-likeness (QED) is 0.0393. The van der Waals surface area contributed by atoms with Gasteiger partial charge >= 0.3 is 0 Å². The fraction of sp³-hybridized carbons (Fsp3) is 0.900. The highest BCUT2D eigenvalue weighted by molar-refractivity contribution is 5.76. The van der Waals surface area contributed by atoms with Crippen LogP contribution in [0.25, 0.3) is 0 Å². The third-order valence-electron chi connectivity index (χ3n) is 8.32. The summed E-state index contributed by atoms with van der Waals surface area (Å²) >= 11 is 0. The van der Waals surface area contributed by atoms with Crippen LogP contribution in [0.5, 0.6) is 0 Å². The van der Waals surface area contributed by atoms with E-state index in [2.05, 4.69) is 10.6 Å². The van der Waals surface area contributed by atoms with E-state index in [-0.39, 0.29) is 43.9 Å². The largest absolute Gasteiger partial charge is 0.394 e. The second kappa shape index (κ2) is 22.0. The van der Waals surface area contributed by atoms with Gasteiger partial charge in [0.05, 0.1) is 13.2 Å². The van der Waals surface area contributed by atoms with Crippen LogP contribution in [-0.2, 0) is 33.3 Å². The molecule has 17 heteroatoms. The normalized spacial score (nSPS) is 32.4. The Labute approximate surface area is 274 Å². The van der Waals surface area contributed by atoms with Gasteiger partial charge in [0, 0.05) is 44.6 Å². The van der Waals surface area contributed by atoms with Crippen LogP contribution in [0.1, 0.15) is 64.7 Å². The molecule has 274 valence electrons. The third kappa shape index (κ3) is 13.5. The lowest BCUT2D eigenvalue weighted by atomic mass is 9.97. The van der Waals surface area contributed by atoms with Crippen LogP contribution in [-0.4, -0.2) is 159 Å². The molecule has 0 radical (unpaired) electrons. The van der Waals surface area contributed by atoms with E-state index < -0.39 is 80.5 Å². The van der Waals surface area contributed by atoms with Crippen LogP contribution in [0.3, 0.4) is 0 Å². The minimum Gasteiger partial charge on any atom is -0.394 e. The van der Waals surface area contributed by atoms with E-state index in [0.29, 0.717) is 51.5 Å². The summed E-state index contributed by atoms with van der Waals surface area (Å²) in [5.74, 6) is -0.798. The van der Waals surface area contributed by atoms with Crippen molar-refractivity contribution in [3.63, 3.8) is 0 Å². The first-order chi connectivity index (χ1) is 22.4. The van der Waals surface area contributed by atoms with Gasteiger partial charge in [-0.2, -0.15) is 0 Å². The van der Waals surface area contributed by atoms with Gasteiger partial charge in [-0.3, -0.25) is 9.59 Å². The topological polar surface area (TPSA) is 274 Å². The molecule has 0 bridgehead atoms. The Hall–Kier alpha value is -1.87. The lowest BCUT2D eigenvalue weighted by Gasteiger charge is -2.39. The number of aliphatic hydroxyl groups is 8. The van der Waals surface area contributed by atoms with Crippen molar-refractivity contribution < 1.29 is 74.2 Å². The van der Waals surface area contributed by atoms with E-state index in [9.17, 15) is 55.2 Å². The highest BCUT2D eigenvalue weighted by atomic mass is 16.7. The molecule has 2 amide bonds. The summed E-state index contributed by atoms with van der Waals surface area (Å²) in [4.78, 5) is 36.1. The Balaban J connectivity index is 1.55. The smallest absolute Gasteiger partial charge is 0.220 e. The average molecular weight is 683 g/mol. The molecule has 0 aromatic heterocycles. The molecule has 2 aliphatic heterocycles.